The van der Waals surface area contributed by atoms with Gasteiger partial charge in [0.05, 0.1) is 4.92 Å². The highest BCUT2D eigenvalue weighted by molar-refractivity contribution is 8.00. The second-order valence-corrected chi connectivity index (χ2v) is 7.65. The maximum atomic E-state index is 12.6. The van der Waals surface area contributed by atoms with Crippen LogP contribution in [0.5, 0.6) is 0 Å². The summed E-state index contributed by atoms with van der Waals surface area (Å²) in [6.45, 7) is 2.41. The number of carboxylic acids is 1. The highest BCUT2D eigenvalue weighted by Crippen LogP contribution is 2.40. The molecule has 2 aliphatic heterocycles. The molecule has 30 heavy (non-hydrogen) atoms. The molecule has 13 nitrogen and oxygen atoms in total. The quantitative estimate of drug-likeness (QED) is 0.247. The van der Waals surface area contributed by atoms with E-state index in [1.54, 1.807) is 0 Å². The van der Waals surface area contributed by atoms with Gasteiger partial charge in [0.1, 0.15) is 42.2 Å². The van der Waals surface area contributed by atoms with E-state index in [1.807, 2.05) is 0 Å². The fourth-order valence-electron chi connectivity index (χ4n) is 3.01. The molecule has 0 saturated carbocycles. The summed E-state index contributed by atoms with van der Waals surface area (Å²) in [5, 5.41) is 26.0. The first-order valence-electron chi connectivity index (χ1n) is 8.64. The molecule has 0 aliphatic carbocycles. The molecule has 3 atom stereocenters. The van der Waals surface area contributed by atoms with Crippen molar-refractivity contribution in [1.82, 2.24) is 20.0 Å². The number of fused-ring (bicyclic) bond motifs is 1. The topological polar surface area (TPSA) is 174 Å². The van der Waals surface area contributed by atoms with Crippen molar-refractivity contribution in [2.45, 2.75) is 31.3 Å². The van der Waals surface area contributed by atoms with E-state index in [1.165, 1.54) is 25.6 Å². The van der Waals surface area contributed by atoms with E-state index in [9.17, 15) is 34.4 Å². The normalized spacial score (nSPS) is 21.4. The molecule has 0 unspecified atom stereocenters. The predicted octanol–water partition coefficient (Wildman–Crippen LogP) is -0.346. The van der Waals surface area contributed by atoms with E-state index in [-0.39, 0.29) is 29.3 Å². The van der Waals surface area contributed by atoms with Gasteiger partial charge >= 0.3 is 17.6 Å². The zero-order valence-corrected chi connectivity index (χ0v) is 16.6. The number of β-lactam (4-membered cyclic amide) rings is 1. The van der Waals surface area contributed by atoms with Crippen molar-refractivity contribution in [2.75, 3.05) is 12.4 Å². The number of nitro groups is 1. The number of ether oxygens (including phenoxy) is 1. The number of carboxylic acid groups (broad SMARTS) is 1. The molecular formula is C16H17N5O8S. The van der Waals surface area contributed by atoms with Crippen LogP contribution in [0.3, 0.4) is 0 Å². The lowest BCUT2D eigenvalue weighted by molar-refractivity contribution is -0.385. The van der Waals surface area contributed by atoms with Crippen LogP contribution >= 0.6 is 11.8 Å². The SMILES string of the molecule is CC(=O)OCC1=C(C(=O)O)N2C(=O)[C@H](NC(=O)[C@H](C)n3cc([N+](=O)[O-])cn3)[C@@H]2SC1. The summed E-state index contributed by atoms with van der Waals surface area (Å²) in [7, 11) is 0. The van der Waals surface area contributed by atoms with E-state index >= 15 is 0 Å². The standard InChI is InChI=1S/C16H17N5O8S/c1-7(19-4-10(3-17-19)21(27)28)13(23)18-11-14(24)20-12(16(25)26)9(5-29-8(2)22)6-30-15(11)20/h3-4,7,11,15H,5-6H2,1-2H3,(H,18,23)(H,25,26)/t7-,11-,15-/m0/s1. The molecule has 2 amide bonds. The Balaban J connectivity index is 1.71. The van der Waals surface area contributed by atoms with Gasteiger partial charge in [-0.3, -0.25) is 34.1 Å². The Kier molecular flexibility index (Phi) is 5.78. The van der Waals surface area contributed by atoms with Gasteiger partial charge in [0.2, 0.25) is 5.91 Å². The summed E-state index contributed by atoms with van der Waals surface area (Å²) in [4.78, 5) is 58.9. The smallest absolute Gasteiger partial charge is 0.352 e. The van der Waals surface area contributed by atoms with E-state index < -0.39 is 46.1 Å². The molecule has 1 aromatic rings. The number of rotatable bonds is 7. The van der Waals surface area contributed by atoms with E-state index in [4.69, 9.17) is 4.74 Å². The maximum Gasteiger partial charge on any atom is 0.352 e. The van der Waals surface area contributed by atoms with E-state index in [0.717, 1.165) is 22.0 Å². The first-order valence-corrected chi connectivity index (χ1v) is 9.69. The van der Waals surface area contributed by atoms with Gasteiger partial charge in [0, 0.05) is 18.2 Å². The Labute approximate surface area is 173 Å². The molecule has 1 fully saturated rings. The van der Waals surface area contributed by atoms with Crippen LogP contribution in [0.1, 0.15) is 19.9 Å². The van der Waals surface area contributed by atoms with Crippen molar-refractivity contribution in [1.29, 1.82) is 0 Å². The van der Waals surface area contributed by atoms with Gasteiger partial charge in [-0.1, -0.05) is 0 Å². The first kappa shape index (κ1) is 21.3. The number of carbonyl (C=O) groups excluding carboxylic acids is 3. The third kappa shape index (κ3) is 3.85. The van der Waals surface area contributed by atoms with Crippen LogP contribution < -0.4 is 5.32 Å². The Hall–Kier alpha value is -3.42. The number of carbonyl (C=O) groups is 4. The van der Waals surface area contributed by atoms with Gasteiger partial charge in [-0.25, -0.2) is 4.79 Å². The van der Waals surface area contributed by atoms with Crippen LogP contribution in [0.4, 0.5) is 5.69 Å². The molecule has 3 rings (SSSR count). The molecular weight excluding hydrogens is 422 g/mol. The molecule has 2 N–H and O–H groups in total. The van der Waals surface area contributed by atoms with Crippen molar-refractivity contribution in [3.8, 4) is 0 Å². The zero-order chi connectivity index (χ0) is 22.2. The van der Waals surface area contributed by atoms with Crippen LogP contribution in [-0.2, 0) is 23.9 Å². The van der Waals surface area contributed by atoms with Crippen molar-refractivity contribution in [2.24, 2.45) is 0 Å². The molecule has 0 bridgehead atoms. The summed E-state index contributed by atoms with van der Waals surface area (Å²) in [6, 6.07) is -1.89. The summed E-state index contributed by atoms with van der Waals surface area (Å²) in [6.07, 6.45) is 2.10. The number of aliphatic carboxylic acids is 1. The largest absolute Gasteiger partial charge is 0.477 e. The summed E-state index contributed by atoms with van der Waals surface area (Å²) >= 11 is 1.23. The molecule has 1 saturated heterocycles. The number of esters is 1. The minimum Gasteiger partial charge on any atom is -0.477 e. The number of aromatic nitrogens is 2. The summed E-state index contributed by atoms with van der Waals surface area (Å²) < 4.78 is 5.96. The molecule has 1 aromatic heterocycles. The number of amides is 2. The lowest BCUT2D eigenvalue weighted by Crippen LogP contribution is -2.71. The van der Waals surface area contributed by atoms with Crippen molar-refractivity contribution in [3.63, 3.8) is 0 Å². The van der Waals surface area contributed by atoms with Gasteiger partial charge in [-0.05, 0) is 6.92 Å². The minimum absolute atomic E-state index is 0.205. The maximum absolute atomic E-state index is 12.6. The fraction of sp³-hybridized carbons (Fsp3) is 0.438. The Bertz CT molecular complexity index is 973. The van der Waals surface area contributed by atoms with Crippen LogP contribution in [0.25, 0.3) is 0 Å². The first-order chi connectivity index (χ1) is 14.1. The third-order valence-corrected chi connectivity index (χ3v) is 5.91. The number of nitrogens with zero attached hydrogens (tertiary/aromatic N) is 4. The number of hydrogen-bond acceptors (Lipinski definition) is 9. The molecule has 0 aromatic carbocycles. The van der Waals surface area contributed by atoms with Crippen LogP contribution in [0.2, 0.25) is 0 Å². The lowest BCUT2D eigenvalue weighted by atomic mass is 10.0. The Morgan fingerprint density at radius 3 is 2.77 bits per heavy atom. The van der Waals surface area contributed by atoms with Gasteiger partial charge in [-0.2, -0.15) is 5.10 Å². The highest BCUT2D eigenvalue weighted by Gasteiger charge is 2.54. The number of nitrogens with one attached hydrogen (secondary N) is 1. The van der Waals surface area contributed by atoms with Gasteiger partial charge in [0.25, 0.3) is 5.91 Å². The summed E-state index contributed by atoms with van der Waals surface area (Å²) in [5.41, 5.74) is -0.250. The van der Waals surface area contributed by atoms with Crippen molar-refractivity contribution in [3.05, 3.63) is 33.8 Å². The van der Waals surface area contributed by atoms with Crippen LogP contribution in [0, 0.1) is 10.1 Å². The van der Waals surface area contributed by atoms with E-state index in [0.29, 0.717) is 0 Å². The number of hydrogen-bond donors (Lipinski definition) is 2. The monoisotopic (exact) mass is 439 g/mol. The van der Waals surface area contributed by atoms with Crippen LogP contribution in [0.15, 0.2) is 23.7 Å². The molecule has 3 heterocycles. The third-order valence-electron chi connectivity index (χ3n) is 4.57. The second-order valence-electron chi connectivity index (χ2n) is 6.55. The average molecular weight is 439 g/mol. The fourth-order valence-corrected chi connectivity index (χ4v) is 4.34. The minimum atomic E-state index is -1.34. The Morgan fingerprint density at radius 2 is 2.20 bits per heavy atom. The van der Waals surface area contributed by atoms with Crippen molar-refractivity contribution >= 4 is 41.2 Å². The summed E-state index contributed by atoms with van der Waals surface area (Å²) in [5.74, 6) is -2.92. The van der Waals surface area contributed by atoms with E-state index in [2.05, 4.69) is 10.4 Å². The van der Waals surface area contributed by atoms with Crippen LogP contribution in [-0.4, -0.2) is 72.2 Å². The van der Waals surface area contributed by atoms with Gasteiger partial charge in [0.15, 0.2) is 0 Å². The zero-order valence-electron chi connectivity index (χ0n) is 15.8. The Morgan fingerprint density at radius 1 is 1.50 bits per heavy atom. The second kappa shape index (κ2) is 8.14. The number of thioether (sulfide) groups is 1. The van der Waals surface area contributed by atoms with Crippen molar-refractivity contribution < 1.29 is 33.9 Å². The highest BCUT2D eigenvalue weighted by atomic mass is 32.2. The molecule has 160 valence electrons. The predicted molar refractivity (Wildman–Crippen MR) is 99.9 cm³/mol. The van der Waals surface area contributed by atoms with Gasteiger partial charge < -0.3 is 15.2 Å². The molecule has 14 heteroatoms. The molecule has 2 aliphatic rings. The lowest BCUT2D eigenvalue weighted by Gasteiger charge is -2.49. The average Bonchev–Trinajstić information content (AvgIpc) is 3.19. The molecule has 0 radical (unpaired) electrons. The molecule has 0 spiro atoms. The van der Waals surface area contributed by atoms with Gasteiger partial charge in [-0.15, -0.1) is 11.8 Å².